The lowest BCUT2D eigenvalue weighted by Gasteiger charge is -2.29. The molecule has 0 radical (unpaired) electrons. The lowest BCUT2D eigenvalue weighted by molar-refractivity contribution is -0.394. The molecular formula is C18H18FN7O3. The summed E-state index contributed by atoms with van der Waals surface area (Å²) >= 11 is 0. The van der Waals surface area contributed by atoms with Crippen molar-refractivity contribution in [3.8, 4) is 0 Å². The fourth-order valence-corrected chi connectivity index (χ4v) is 3.26. The second kappa shape index (κ2) is 7.78. The van der Waals surface area contributed by atoms with Gasteiger partial charge in [-0.1, -0.05) is 17.3 Å². The molecule has 0 saturated carbocycles. The Bertz CT molecular complexity index is 1030. The Kier molecular flexibility index (Phi) is 5.02. The third kappa shape index (κ3) is 4.13. The van der Waals surface area contributed by atoms with Crippen molar-refractivity contribution in [1.82, 2.24) is 20.1 Å². The first-order chi connectivity index (χ1) is 14.0. The molecule has 1 aliphatic rings. The second-order valence-electron chi connectivity index (χ2n) is 6.71. The van der Waals surface area contributed by atoms with Gasteiger partial charge in [-0.25, -0.2) is 4.39 Å². The summed E-state index contributed by atoms with van der Waals surface area (Å²) < 4.78 is 19.2. The molecule has 1 N–H and O–H groups in total. The van der Waals surface area contributed by atoms with Crippen LogP contribution in [-0.4, -0.2) is 38.1 Å². The van der Waals surface area contributed by atoms with Crippen molar-refractivity contribution in [3.63, 3.8) is 0 Å². The fraction of sp³-hybridized carbons (Fsp3) is 0.333. The maximum absolute atomic E-state index is 13.9. The first-order valence-corrected chi connectivity index (χ1v) is 9.10. The molecule has 1 aliphatic heterocycles. The van der Waals surface area contributed by atoms with Crippen LogP contribution in [0.4, 0.5) is 27.7 Å². The molecule has 0 spiro atoms. The van der Waals surface area contributed by atoms with E-state index in [1.165, 1.54) is 12.1 Å². The first kappa shape index (κ1) is 18.7. The number of piperidine rings is 1. The van der Waals surface area contributed by atoms with Gasteiger partial charge >= 0.3 is 5.95 Å². The van der Waals surface area contributed by atoms with Crippen LogP contribution in [0.5, 0.6) is 0 Å². The van der Waals surface area contributed by atoms with Crippen molar-refractivity contribution in [2.75, 3.05) is 23.3 Å². The van der Waals surface area contributed by atoms with Gasteiger partial charge in [0.05, 0.1) is 11.8 Å². The van der Waals surface area contributed by atoms with Crippen LogP contribution in [0, 0.1) is 22.9 Å². The van der Waals surface area contributed by atoms with Gasteiger partial charge in [0.2, 0.25) is 17.5 Å². The van der Waals surface area contributed by atoms with E-state index < -0.39 is 16.7 Å². The van der Waals surface area contributed by atoms with Gasteiger partial charge in [-0.15, -0.1) is 0 Å². The zero-order valence-corrected chi connectivity index (χ0v) is 15.6. The summed E-state index contributed by atoms with van der Waals surface area (Å²) in [5, 5.41) is 17.9. The minimum absolute atomic E-state index is 0.139. The van der Waals surface area contributed by atoms with Gasteiger partial charge in [-0.05, 0) is 46.8 Å². The Labute approximate surface area is 164 Å². The molecule has 10 nitrogen and oxygen atoms in total. The van der Waals surface area contributed by atoms with Crippen LogP contribution in [0.2, 0.25) is 0 Å². The van der Waals surface area contributed by atoms with Crippen molar-refractivity contribution in [3.05, 3.63) is 58.0 Å². The van der Waals surface area contributed by atoms with Crippen LogP contribution < -0.4 is 10.2 Å². The number of para-hydroxylation sites is 1. The summed E-state index contributed by atoms with van der Waals surface area (Å²) in [4.78, 5) is 24.8. The molecule has 11 heteroatoms. The maximum Gasteiger partial charge on any atom is 0.472 e. The van der Waals surface area contributed by atoms with Gasteiger partial charge in [0.15, 0.2) is 5.82 Å². The molecule has 2 aromatic heterocycles. The monoisotopic (exact) mass is 399 g/mol. The number of anilines is 3. The van der Waals surface area contributed by atoms with E-state index in [4.69, 9.17) is 4.52 Å². The van der Waals surface area contributed by atoms with Crippen LogP contribution in [0.25, 0.3) is 0 Å². The van der Waals surface area contributed by atoms with Crippen molar-refractivity contribution < 1.29 is 13.8 Å². The van der Waals surface area contributed by atoms with Gasteiger partial charge < -0.3 is 24.9 Å². The summed E-state index contributed by atoms with van der Waals surface area (Å²) in [6.45, 7) is 2.99. The average molecular weight is 399 g/mol. The molecule has 150 valence electrons. The number of nitrogens with zero attached hydrogens (tertiary/aromatic N) is 6. The summed E-state index contributed by atoms with van der Waals surface area (Å²) in [5.41, 5.74) is 0.178. The largest absolute Gasteiger partial charge is 0.472 e. The van der Waals surface area contributed by atoms with Crippen LogP contribution >= 0.6 is 0 Å². The summed E-state index contributed by atoms with van der Waals surface area (Å²) in [5.74, 6) is 0.879. The lowest BCUT2D eigenvalue weighted by atomic mass is 9.97. The molecule has 1 saturated heterocycles. The zero-order chi connectivity index (χ0) is 20.4. The predicted octanol–water partition coefficient (Wildman–Crippen LogP) is 3.34. The number of aromatic nitrogens is 4. The highest BCUT2D eigenvalue weighted by atomic mass is 19.1. The van der Waals surface area contributed by atoms with Gasteiger partial charge in [0.25, 0.3) is 0 Å². The quantitative estimate of drug-likeness (QED) is 0.508. The van der Waals surface area contributed by atoms with Gasteiger partial charge in [-0.3, -0.25) is 0 Å². The number of aryl methyl sites for hydroxylation is 1. The zero-order valence-electron chi connectivity index (χ0n) is 15.6. The third-order valence-electron chi connectivity index (χ3n) is 4.71. The highest BCUT2D eigenvalue weighted by Crippen LogP contribution is 2.31. The maximum atomic E-state index is 13.9. The van der Waals surface area contributed by atoms with E-state index in [2.05, 4.69) is 25.4 Å². The average Bonchev–Trinajstić information content (AvgIpc) is 3.16. The van der Waals surface area contributed by atoms with E-state index in [1.807, 2.05) is 4.90 Å². The van der Waals surface area contributed by atoms with Crippen molar-refractivity contribution in [2.45, 2.75) is 25.7 Å². The molecule has 0 amide bonds. The molecule has 4 rings (SSSR count). The Morgan fingerprint density at radius 2 is 2.00 bits per heavy atom. The molecule has 1 fully saturated rings. The summed E-state index contributed by atoms with van der Waals surface area (Å²) in [7, 11) is 0. The smallest absolute Gasteiger partial charge is 0.390 e. The van der Waals surface area contributed by atoms with Crippen molar-refractivity contribution >= 4 is 23.3 Å². The Hall–Kier alpha value is -3.63. The highest BCUT2D eigenvalue weighted by molar-refractivity contribution is 5.61. The molecule has 0 atom stereocenters. The van der Waals surface area contributed by atoms with Crippen LogP contribution in [0.3, 0.4) is 0 Å². The topological polar surface area (TPSA) is 123 Å². The molecule has 0 unspecified atom stereocenters. The molecule has 0 aliphatic carbocycles. The Balaban J connectivity index is 1.54. The first-order valence-electron chi connectivity index (χ1n) is 9.10. The molecule has 3 aromatic rings. The number of nitro groups is 1. The van der Waals surface area contributed by atoms with Crippen LogP contribution in [-0.2, 0) is 0 Å². The molecule has 3 heterocycles. The SMILES string of the molecule is Cc1noc(C2CCN(c3cc(Nc4ccccc4F)nc([N+](=O)[O-])n3)CC2)n1. The third-order valence-corrected chi connectivity index (χ3v) is 4.71. The van der Waals surface area contributed by atoms with Crippen molar-refractivity contribution in [2.24, 2.45) is 0 Å². The van der Waals surface area contributed by atoms with Crippen LogP contribution in [0.15, 0.2) is 34.9 Å². The van der Waals surface area contributed by atoms with E-state index in [-0.39, 0.29) is 17.4 Å². The standard InChI is InChI=1S/C18H18FN7O3/c1-11-20-17(29-24-11)12-6-8-25(9-7-12)16-10-15(22-18(23-16)26(27)28)21-14-5-3-2-4-13(14)19/h2-5,10,12H,6-9H2,1H3,(H,21,22,23). The summed E-state index contributed by atoms with van der Waals surface area (Å²) in [6.07, 6.45) is 1.49. The minimum Gasteiger partial charge on any atom is -0.390 e. The Morgan fingerprint density at radius 1 is 1.24 bits per heavy atom. The highest BCUT2D eigenvalue weighted by Gasteiger charge is 2.28. The van der Waals surface area contributed by atoms with E-state index in [0.29, 0.717) is 30.6 Å². The number of halogens is 1. The summed E-state index contributed by atoms with van der Waals surface area (Å²) in [6, 6.07) is 7.62. The minimum atomic E-state index is -0.663. The lowest BCUT2D eigenvalue weighted by Crippen LogP contribution is -2.33. The van der Waals surface area contributed by atoms with Gasteiger partial charge in [-0.2, -0.15) is 4.98 Å². The van der Waals surface area contributed by atoms with E-state index in [9.17, 15) is 14.5 Å². The number of nitrogens with one attached hydrogen (secondary N) is 1. The van der Waals surface area contributed by atoms with Crippen molar-refractivity contribution in [1.29, 1.82) is 0 Å². The molecule has 0 bridgehead atoms. The number of hydrogen-bond acceptors (Lipinski definition) is 9. The molecular weight excluding hydrogens is 381 g/mol. The van der Waals surface area contributed by atoms with Gasteiger partial charge in [0.1, 0.15) is 5.82 Å². The number of hydrogen-bond donors (Lipinski definition) is 1. The van der Waals surface area contributed by atoms with Crippen LogP contribution in [0.1, 0.15) is 30.5 Å². The Morgan fingerprint density at radius 3 is 2.66 bits per heavy atom. The fourth-order valence-electron chi connectivity index (χ4n) is 3.26. The van der Waals surface area contributed by atoms with E-state index >= 15 is 0 Å². The normalized spacial score (nSPS) is 14.8. The second-order valence-corrected chi connectivity index (χ2v) is 6.71. The molecule has 29 heavy (non-hydrogen) atoms. The number of benzene rings is 1. The van der Waals surface area contributed by atoms with E-state index in [0.717, 1.165) is 12.8 Å². The van der Waals surface area contributed by atoms with E-state index in [1.54, 1.807) is 25.1 Å². The predicted molar refractivity (Wildman–Crippen MR) is 102 cm³/mol. The number of rotatable bonds is 5. The molecule has 1 aromatic carbocycles. The van der Waals surface area contributed by atoms with Gasteiger partial charge in [0, 0.05) is 19.0 Å².